The summed E-state index contributed by atoms with van der Waals surface area (Å²) in [6.45, 7) is 1.58. The van der Waals surface area contributed by atoms with Crippen molar-refractivity contribution in [3.05, 3.63) is 35.9 Å². The number of benzene rings is 1. The molecule has 1 aromatic carbocycles. The molecule has 1 aromatic rings. The van der Waals surface area contributed by atoms with E-state index in [1.807, 2.05) is 30.3 Å². The van der Waals surface area contributed by atoms with Gasteiger partial charge in [0, 0.05) is 6.54 Å². The van der Waals surface area contributed by atoms with Gasteiger partial charge in [0.25, 0.3) is 0 Å². The lowest BCUT2D eigenvalue weighted by Gasteiger charge is -2.06. The zero-order valence-electron chi connectivity index (χ0n) is 9.32. The maximum atomic E-state index is 11.2. The van der Waals surface area contributed by atoms with Crippen LogP contribution in [-0.2, 0) is 11.3 Å². The van der Waals surface area contributed by atoms with Crippen molar-refractivity contribution >= 4 is 6.09 Å². The van der Waals surface area contributed by atoms with Crippen LogP contribution >= 0.6 is 0 Å². The molecule has 0 atom stereocenters. The van der Waals surface area contributed by atoms with E-state index in [1.165, 1.54) is 0 Å². The minimum atomic E-state index is -0.374. The number of ether oxygens (including phenoxy) is 1. The molecule has 0 aliphatic rings. The molecule has 0 saturated carbocycles. The molecule has 16 heavy (non-hydrogen) atoms. The zero-order valence-corrected chi connectivity index (χ0v) is 9.32. The number of alkyl carbamates (subject to hydrolysis) is 1. The van der Waals surface area contributed by atoms with E-state index in [-0.39, 0.29) is 6.09 Å². The second-order valence-corrected chi connectivity index (χ2v) is 3.48. The average Bonchev–Trinajstić information content (AvgIpc) is 2.33. The standard InChI is InChI=1S/C12H18N2O2/c13-8-4-5-9-14-12(15)16-10-11-6-2-1-3-7-11/h1-3,6-7H,4-5,8-10,13H2,(H,14,15)/i8+1,9+1,13+1,14+1. The number of amides is 1. The summed E-state index contributed by atoms with van der Waals surface area (Å²) in [4.78, 5) is 11.2. The van der Waals surface area contributed by atoms with E-state index in [0.717, 1.165) is 18.4 Å². The Balaban J connectivity index is 2.11. The Labute approximate surface area is 95.8 Å². The first kappa shape index (κ1) is 12.5. The first-order valence-electron chi connectivity index (χ1n) is 5.47. The van der Waals surface area contributed by atoms with Gasteiger partial charge in [-0.25, -0.2) is 4.79 Å². The number of carbonyl (C=O) groups excluding carboxylic acids is 1. The van der Waals surface area contributed by atoms with Gasteiger partial charge in [-0.15, -0.1) is 0 Å². The molecule has 0 aromatic heterocycles. The first-order chi connectivity index (χ1) is 7.83. The largest absolute Gasteiger partial charge is 0.445 e. The van der Waals surface area contributed by atoms with Crippen LogP contribution in [0.5, 0.6) is 0 Å². The molecule has 0 heterocycles. The molecule has 3 N–H and O–H groups in total. The lowest BCUT2D eigenvalue weighted by molar-refractivity contribution is 0.139. The summed E-state index contributed by atoms with van der Waals surface area (Å²) >= 11 is 0. The molecule has 1 rings (SSSR count). The third-order valence-corrected chi connectivity index (χ3v) is 2.11. The maximum absolute atomic E-state index is 11.2. The Kier molecular flexibility index (Phi) is 6.03. The molecule has 0 fully saturated rings. The van der Waals surface area contributed by atoms with Gasteiger partial charge in [-0.1, -0.05) is 30.3 Å². The minimum Gasteiger partial charge on any atom is -0.445 e. The molecule has 0 unspecified atom stereocenters. The van der Waals surface area contributed by atoms with E-state index in [2.05, 4.69) is 5.32 Å². The zero-order chi connectivity index (χ0) is 11.6. The van der Waals surface area contributed by atoms with Crippen LogP contribution in [0.2, 0.25) is 0 Å². The average molecular weight is 226 g/mol. The normalized spacial score (nSPS) is 9.81. The van der Waals surface area contributed by atoms with Gasteiger partial charge in [-0.2, -0.15) is 0 Å². The van der Waals surface area contributed by atoms with E-state index >= 15 is 0 Å². The van der Waals surface area contributed by atoms with Crippen molar-refractivity contribution in [3.8, 4) is 0 Å². The van der Waals surface area contributed by atoms with Crippen molar-refractivity contribution in [3.63, 3.8) is 0 Å². The molecular formula is C12H18N2O2. The fraction of sp³-hybridized carbons (Fsp3) is 0.417. The quantitative estimate of drug-likeness (QED) is 0.440. The van der Waals surface area contributed by atoms with Crippen LogP contribution in [0.1, 0.15) is 18.4 Å². The van der Waals surface area contributed by atoms with Gasteiger partial charge >= 0.3 is 6.09 Å². The number of carbonyl (C=O) groups is 1. The number of rotatable bonds is 6. The summed E-state index contributed by atoms with van der Waals surface area (Å²) in [5.41, 5.74) is 6.32. The van der Waals surface area contributed by atoms with E-state index in [1.54, 1.807) is 0 Å². The Hall–Kier alpha value is -1.55. The molecule has 0 aliphatic heterocycles. The second-order valence-electron chi connectivity index (χ2n) is 3.48. The van der Waals surface area contributed by atoms with E-state index in [9.17, 15) is 4.79 Å². The summed E-state index contributed by atoms with van der Waals surface area (Å²) in [6, 6.07) is 9.59. The molecule has 4 heteroatoms. The van der Waals surface area contributed by atoms with Crippen LogP contribution < -0.4 is 11.1 Å². The van der Waals surface area contributed by atoms with Crippen molar-refractivity contribution in [2.75, 3.05) is 13.1 Å². The first-order valence-corrected chi connectivity index (χ1v) is 5.47. The Morgan fingerprint density at radius 2 is 2.00 bits per heavy atom. The van der Waals surface area contributed by atoms with E-state index < -0.39 is 0 Å². The molecular weight excluding hydrogens is 208 g/mol. The lowest BCUT2D eigenvalue weighted by Crippen LogP contribution is -2.25. The summed E-state index contributed by atoms with van der Waals surface area (Å²) < 4.78 is 5.03. The van der Waals surface area contributed by atoms with Gasteiger partial charge in [-0.3, -0.25) is 0 Å². The van der Waals surface area contributed by atoms with Crippen molar-refractivity contribution in [2.24, 2.45) is 5.73 Å². The summed E-state index contributed by atoms with van der Waals surface area (Å²) in [7, 11) is 0. The molecule has 4 nitrogen and oxygen atoms in total. The highest BCUT2D eigenvalue weighted by atomic mass is 16.6. The highest BCUT2D eigenvalue weighted by molar-refractivity contribution is 5.67. The van der Waals surface area contributed by atoms with Crippen molar-refractivity contribution in [1.82, 2.24) is 5.32 Å². The van der Waals surface area contributed by atoms with Gasteiger partial charge in [0.15, 0.2) is 0 Å². The number of hydrogen-bond donors (Lipinski definition) is 2. The lowest BCUT2D eigenvalue weighted by atomic mass is 10.2. The Morgan fingerprint density at radius 1 is 1.25 bits per heavy atom. The van der Waals surface area contributed by atoms with Gasteiger partial charge in [-0.05, 0) is 24.9 Å². The molecule has 0 saturated heterocycles. The summed E-state index contributed by atoms with van der Waals surface area (Å²) in [6.07, 6.45) is 1.43. The molecule has 0 bridgehead atoms. The van der Waals surface area contributed by atoms with Gasteiger partial charge in [0.05, 0.1) is 0 Å². The third-order valence-electron chi connectivity index (χ3n) is 2.11. The molecule has 0 radical (unpaired) electrons. The number of hydrogen-bond acceptors (Lipinski definition) is 3. The Bertz CT molecular complexity index is 301. The van der Waals surface area contributed by atoms with Crippen LogP contribution in [0.3, 0.4) is 0 Å². The van der Waals surface area contributed by atoms with Crippen molar-refractivity contribution in [1.29, 1.82) is 0 Å². The fourth-order valence-electron chi connectivity index (χ4n) is 1.23. The second kappa shape index (κ2) is 7.70. The van der Waals surface area contributed by atoms with Crippen LogP contribution in [0.25, 0.3) is 0 Å². The van der Waals surface area contributed by atoms with Crippen LogP contribution in [0.15, 0.2) is 30.3 Å². The van der Waals surface area contributed by atoms with Gasteiger partial charge in [0.1, 0.15) is 6.61 Å². The summed E-state index contributed by atoms with van der Waals surface area (Å²) in [5.74, 6) is 0. The third kappa shape index (κ3) is 5.36. The highest BCUT2D eigenvalue weighted by Crippen LogP contribution is 2.00. The van der Waals surface area contributed by atoms with E-state index in [0.29, 0.717) is 19.7 Å². The SMILES string of the molecule is [15NH2][13CH2]CC[13CH2][15NH]C(=O)OCc1ccccc1. The van der Waals surface area contributed by atoms with Crippen LogP contribution in [0.4, 0.5) is 4.79 Å². The topological polar surface area (TPSA) is 64.3 Å². The molecule has 1 amide bonds. The predicted octanol–water partition coefficient (Wildman–Crippen LogP) is 1.65. The van der Waals surface area contributed by atoms with Gasteiger partial charge < -0.3 is 15.8 Å². The van der Waals surface area contributed by atoms with Crippen molar-refractivity contribution < 1.29 is 9.53 Å². The highest BCUT2D eigenvalue weighted by Gasteiger charge is 2.00. The number of nitrogens with one attached hydrogen (secondary N) is 1. The predicted molar refractivity (Wildman–Crippen MR) is 62.9 cm³/mol. The van der Waals surface area contributed by atoms with Crippen LogP contribution in [-0.4, -0.2) is 19.2 Å². The molecule has 0 aliphatic carbocycles. The molecule has 88 valence electrons. The monoisotopic (exact) mass is 226 g/mol. The fourth-order valence-corrected chi connectivity index (χ4v) is 1.23. The number of unbranched alkanes of at least 4 members (excludes halogenated alkanes) is 1. The minimum absolute atomic E-state index is 0.309. The van der Waals surface area contributed by atoms with Crippen molar-refractivity contribution in [2.45, 2.75) is 19.4 Å². The Morgan fingerprint density at radius 3 is 2.69 bits per heavy atom. The van der Waals surface area contributed by atoms with Crippen LogP contribution in [0, 0.1) is 0 Å². The molecule has 0 spiro atoms. The number of nitrogens with two attached hydrogens (primary N) is 1. The van der Waals surface area contributed by atoms with E-state index in [4.69, 9.17) is 10.5 Å². The van der Waals surface area contributed by atoms with Gasteiger partial charge in [0.2, 0.25) is 0 Å². The summed E-state index contributed by atoms with van der Waals surface area (Å²) in [5, 5.41) is 2.67. The smallest absolute Gasteiger partial charge is 0.407 e. The maximum Gasteiger partial charge on any atom is 0.407 e.